The van der Waals surface area contributed by atoms with Crippen molar-refractivity contribution in [1.82, 2.24) is 4.90 Å². The van der Waals surface area contributed by atoms with Gasteiger partial charge in [-0.25, -0.2) is 12.8 Å². The molecule has 0 aliphatic carbocycles. The maximum atomic E-state index is 13.0. The molecule has 0 radical (unpaired) electrons. The van der Waals surface area contributed by atoms with Gasteiger partial charge in [0.2, 0.25) is 5.91 Å². The van der Waals surface area contributed by atoms with Crippen molar-refractivity contribution in [2.45, 2.75) is 17.9 Å². The van der Waals surface area contributed by atoms with Gasteiger partial charge >= 0.3 is 0 Å². The molecule has 0 bridgehead atoms. The van der Waals surface area contributed by atoms with Gasteiger partial charge in [0.25, 0.3) is 0 Å². The summed E-state index contributed by atoms with van der Waals surface area (Å²) in [5.74, 6) is -0.516. The predicted octanol–water partition coefficient (Wildman–Crippen LogP) is 2.86. The second-order valence-corrected chi connectivity index (χ2v) is 8.00. The van der Waals surface area contributed by atoms with Crippen LogP contribution < -0.4 is 5.32 Å². The number of benzene rings is 2. The van der Waals surface area contributed by atoms with Crippen molar-refractivity contribution < 1.29 is 17.6 Å². The van der Waals surface area contributed by atoms with E-state index in [4.69, 9.17) is 0 Å². The Morgan fingerprint density at radius 3 is 2.20 bits per heavy atom. The Bertz CT molecular complexity index is 834. The molecule has 0 fully saturated rings. The van der Waals surface area contributed by atoms with Crippen molar-refractivity contribution in [1.29, 1.82) is 0 Å². The summed E-state index contributed by atoms with van der Waals surface area (Å²) in [6.45, 7) is 2.08. The number of carbonyl (C=O) groups is 1. The summed E-state index contributed by atoms with van der Waals surface area (Å²) < 4.78 is 35.8. The predicted molar refractivity (Wildman–Crippen MR) is 95.6 cm³/mol. The molecular formula is C18H21FN2O3S. The fourth-order valence-corrected chi connectivity index (χ4v) is 2.98. The smallest absolute Gasteiger partial charge is 0.238 e. The zero-order chi connectivity index (χ0) is 18.6. The molecule has 0 heterocycles. The first kappa shape index (κ1) is 19.1. The molecule has 2 rings (SSSR count). The van der Waals surface area contributed by atoms with Crippen molar-refractivity contribution in [3.8, 4) is 0 Å². The standard InChI is InChI=1S/C18H21FN2O3S/c1-13(14-4-6-15(19)7-5-14)21(2)12-18(22)20-16-8-10-17(11-9-16)25(3,23)24/h4-11,13H,12H2,1-3H3,(H,20,22). The highest BCUT2D eigenvalue weighted by atomic mass is 32.2. The second kappa shape index (κ2) is 7.76. The first-order chi connectivity index (χ1) is 11.7. The van der Waals surface area contributed by atoms with Crippen LogP contribution in [0.3, 0.4) is 0 Å². The van der Waals surface area contributed by atoms with E-state index in [1.54, 1.807) is 31.3 Å². The third-order valence-corrected chi connectivity index (χ3v) is 5.10. The summed E-state index contributed by atoms with van der Waals surface area (Å²) in [4.78, 5) is 14.2. The van der Waals surface area contributed by atoms with Crippen LogP contribution in [-0.4, -0.2) is 39.1 Å². The van der Waals surface area contributed by atoms with E-state index in [0.29, 0.717) is 5.69 Å². The van der Waals surface area contributed by atoms with Crippen LogP contribution in [0.25, 0.3) is 0 Å². The Hall–Kier alpha value is -2.25. The lowest BCUT2D eigenvalue weighted by atomic mass is 10.1. The van der Waals surface area contributed by atoms with Gasteiger partial charge in [0.15, 0.2) is 9.84 Å². The van der Waals surface area contributed by atoms with Crippen molar-refractivity contribution in [2.75, 3.05) is 25.2 Å². The Kier molecular flexibility index (Phi) is 5.92. The molecule has 0 saturated heterocycles. The van der Waals surface area contributed by atoms with Crippen molar-refractivity contribution in [2.24, 2.45) is 0 Å². The van der Waals surface area contributed by atoms with Gasteiger partial charge in [-0.05, 0) is 55.9 Å². The van der Waals surface area contributed by atoms with Gasteiger partial charge in [0.05, 0.1) is 11.4 Å². The molecule has 0 aliphatic heterocycles. The number of likely N-dealkylation sites (N-methyl/N-ethyl adjacent to an activating group) is 1. The first-order valence-corrected chi connectivity index (χ1v) is 9.61. The van der Waals surface area contributed by atoms with Crippen molar-refractivity contribution in [3.05, 3.63) is 59.9 Å². The van der Waals surface area contributed by atoms with E-state index in [9.17, 15) is 17.6 Å². The summed E-state index contributed by atoms with van der Waals surface area (Å²) in [7, 11) is -1.45. The van der Waals surface area contributed by atoms with Crippen molar-refractivity contribution >= 4 is 21.4 Å². The van der Waals surface area contributed by atoms with Gasteiger partial charge in [-0.1, -0.05) is 12.1 Å². The quantitative estimate of drug-likeness (QED) is 0.856. The number of hydrogen-bond donors (Lipinski definition) is 1. The molecule has 1 amide bonds. The Morgan fingerprint density at radius 2 is 1.68 bits per heavy atom. The molecule has 0 aliphatic rings. The number of nitrogens with one attached hydrogen (secondary N) is 1. The highest BCUT2D eigenvalue weighted by Crippen LogP contribution is 2.19. The van der Waals surface area contributed by atoms with E-state index in [1.807, 2.05) is 11.8 Å². The minimum Gasteiger partial charge on any atom is -0.325 e. The van der Waals surface area contributed by atoms with Crippen LogP contribution in [0, 0.1) is 5.82 Å². The summed E-state index contributed by atoms with van der Waals surface area (Å²) in [5, 5.41) is 2.73. The summed E-state index contributed by atoms with van der Waals surface area (Å²) in [5.41, 5.74) is 1.44. The van der Waals surface area contributed by atoms with Crippen LogP contribution in [0.1, 0.15) is 18.5 Å². The van der Waals surface area contributed by atoms with Gasteiger partial charge in [0, 0.05) is 18.0 Å². The van der Waals surface area contributed by atoms with Crippen molar-refractivity contribution in [3.63, 3.8) is 0 Å². The van der Waals surface area contributed by atoms with Gasteiger partial charge in [-0.3, -0.25) is 9.69 Å². The lowest BCUT2D eigenvalue weighted by Gasteiger charge is -2.24. The van der Waals surface area contributed by atoms with E-state index in [2.05, 4.69) is 5.32 Å². The van der Waals surface area contributed by atoms with Crippen LogP contribution in [0.15, 0.2) is 53.4 Å². The zero-order valence-electron chi connectivity index (χ0n) is 14.4. The van der Waals surface area contributed by atoms with Crippen LogP contribution in [0.2, 0.25) is 0 Å². The normalized spacial score (nSPS) is 12.8. The van der Waals surface area contributed by atoms with Crippen LogP contribution >= 0.6 is 0 Å². The zero-order valence-corrected chi connectivity index (χ0v) is 15.2. The second-order valence-electron chi connectivity index (χ2n) is 5.99. The van der Waals surface area contributed by atoms with E-state index in [0.717, 1.165) is 11.8 Å². The lowest BCUT2D eigenvalue weighted by molar-refractivity contribution is -0.117. The molecule has 134 valence electrons. The summed E-state index contributed by atoms with van der Waals surface area (Å²) >= 11 is 0. The Labute approximate surface area is 147 Å². The lowest BCUT2D eigenvalue weighted by Crippen LogP contribution is -2.32. The number of carbonyl (C=O) groups excluding carboxylic acids is 1. The van der Waals surface area contributed by atoms with E-state index in [1.165, 1.54) is 24.3 Å². The third kappa shape index (κ3) is 5.37. The highest BCUT2D eigenvalue weighted by Gasteiger charge is 2.15. The van der Waals surface area contributed by atoms with Gasteiger partial charge in [0.1, 0.15) is 5.82 Å². The molecule has 25 heavy (non-hydrogen) atoms. The SMILES string of the molecule is CC(c1ccc(F)cc1)N(C)CC(=O)Nc1ccc(S(C)(=O)=O)cc1. The first-order valence-electron chi connectivity index (χ1n) is 7.72. The van der Waals surface area contributed by atoms with Crippen LogP contribution in [0.5, 0.6) is 0 Å². The van der Waals surface area contributed by atoms with Gasteiger partial charge in [-0.15, -0.1) is 0 Å². The molecule has 1 N–H and O–H groups in total. The summed E-state index contributed by atoms with van der Waals surface area (Å²) in [6, 6.07) is 12.1. The molecule has 0 saturated carbocycles. The molecule has 2 aromatic carbocycles. The summed E-state index contributed by atoms with van der Waals surface area (Å²) in [6.07, 6.45) is 1.13. The third-order valence-electron chi connectivity index (χ3n) is 3.97. The maximum Gasteiger partial charge on any atom is 0.238 e. The van der Waals surface area contributed by atoms with Crippen LogP contribution in [0.4, 0.5) is 10.1 Å². The fraction of sp³-hybridized carbons (Fsp3) is 0.278. The number of halogens is 1. The van der Waals surface area contributed by atoms with Gasteiger partial charge < -0.3 is 5.32 Å². The molecule has 1 unspecified atom stereocenters. The number of hydrogen-bond acceptors (Lipinski definition) is 4. The molecular weight excluding hydrogens is 343 g/mol. The minimum atomic E-state index is -3.26. The Morgan fingerprint density at radius 1 is 1.12 bits per heavy atom. The number of rotatable bonds is 6. The molecule has 2 aromatic rings. The monoisotopic (exact) mass is 364 g/mol. The highest BCUT2D eigenvalue weighted by molar-refractivity contribution is 7.90. The molecule has 1 atom stereocenters. The maximum absolute atomic E-state index is 13.0. The number of nitrogens with zero attached hydrogens (tertiary/aromatic N) is 1. The average molecular weight is 364 g/mol. The number of sulfone groups is 1. The minimum absolute atomic E-state index is 0.0565. The largest absolute Gasteiger partial charge is 0.325 e. The Balaban J connectivity index is 1.96. The van der Waals surface area contributed by atoms with E-state index in [-0.39, 0.29) is 29.2 Å². The fourth-order valence-electron chi connectivity index (χ4n) is 2.35. The number of amides is 1. The number of anilines is 1. The molecule has 0 spiro atoms. The van der Waals surface area contributed by atoms with E-state index >= 15 is 0 Å². The van der Waals surface area contributed by atoms with E-state index < -0.39 is 9.84 Å². The average Bonchev–Trinajstić information content (AvgIpc) is 2.54. The van der Waals surface area contributed by atoms with Gasteiger partial charge in [-0.2, -0.15) is 0 Å². The topological polar surface area (TPSA) is 66.5 Å². The molecule has 0 aromatic heterocycles. The molecule has 5 nitrogen and oxygen atoms in total. The van der Waals surface area contributed by atoms with Crippen LogP contribution in [-0.2, 0) is 14.6 Å². The molecule has 7 heteroatoms.